The number of nitrogens with one attached hydrogen (secondary N) is 1. The number of esters is 3. The van der Waals surface area contributed by atoms with E-state index in [0.29, 0.717) is 46.8 Å². The Labute approximate surface area is 348 Å². The Balaban J connectivity index is 1.39. The van der Waals surface area contributed by atoms with Gasteiger partial charge in [-0.15, -0.1) is 0 Å². The van der Waals surface area contributed by atoms with Gasteiger partial charge in [-0.3, -0.25) is 14.4 Å². The predicted octanol–water partition coefficient (Wildman–Crippen LogP) is 9.62. The van der Waals surface area contributed by atoms with E-state index >= 15 is 0 Å². The Morgan fingerprint density at radius 3 is 2.20 bits per heavy atom. The third-order valence-electron chi connectivity index (χ3n) is 13.1. The lowest BCUT2D eigenvalue weighted by Gasteiger charge is -2.20. The molecule has 10 bridgehead atoms. The maximum Gasteiger partial charge on any atom is 0.321 e. The highest BCUT2D eigenvalue weighted by molar-refractivity contribution is 6.24. The van der Waals surface area contributed by atoms with E-state index in [9.17, 15) is 19.5 Å². The molecule has 314 valence electrons. The Morgan fingerprint density at radius 1 is 0.847 bits per heavy atom. The molecular formula is C48H60N4O7. The molecule has 0 radical (unpaired) electrons. The minimum atomic E-state index is -1.09. The quantitative estimate of drug-likeness (QED) is 0.211. The lowest BCUT2D eigenvalue weighted by Crippen LogP contribution is -2.26. The van der Waals surface area contributed by atoms with Gasteiger partial charge in [-0.1, -0.05) is 71.6 Å². The van der Waals surface area contributed by atoms with Crippen LogP contribution < -0.4 is 5.32 Å². The summed E-state index contributed by atoms with van der Waals surface area (Å²) < 4.78 is 17.0. The Morgan fingerprint density at radius 2 is 1.51 bits per heavy atom. The zero-order valence-electron chi connectivity index (χ0n) is 35.7. The summed E-state index contributed by atoms with van der Waals surface area (Å²) in [5.74, 6) is -2.63. The minimum Gasteiger partial charge on any atom is -0.510 e. The standard InChI is InChI=1S/C48H60N4O7/c1-7-31-27(2)35-24-39-33-26-59-41(54)19-17-15-13-11-9-8-10-12-14-16-18-22-58-48(56)44-43(46-42(47(44)55)30(5)37(52-46)25-38(31)49-35)45-32(20-21-40(53)57-6)28(3)36(51-45)23-34(50-39)29(33)4/h23-25,28,32,44,51,55H,7-22,26H2,1-6H3/t28-,32-,44?/m0/s1. The molecule has 0 aromatic carbocycles. The Kier molecular flexibility index (Phi) is 13.2. The summed E-state index contributed by atoms with van der Waals surface area (Å²) in [5.41, 5.74) is 11.4. The van der Waals surface area contributed by atoms with Crippen molar-refractivity contribution >= 4 is 35.0 Å². The molecule has 2 N–H and O–H groups in total. The van der Waals surface area contributed by atoms with Crippen LogP contribution in [0.2, 0.25) is 0 Å². The number of aliphatic hydroxyl groups is 1. The van der Waals surface area contributed by atoms with Gasteiger partial charge in [-0.2, -0.15) is 0 Å². The Hall–Kier alpha value is -5.06. The number of rotatable bonds is 4. The number of carbonyl (C=O) groups excluding carboxylic acids is 3. The molecule has 0 amide bonds. The van der Waals surface area contributed by atoms with Crippen LogP contribution >= 0.6 is 0 Å². The van der Waals surface area contributed by atoms with Crippen molar-refractivity contribution in [2.75, 3.05) is 20.3 Å². The number of allylic oxidation sites excluding steroid dienone is 10. The lowest BCUT2D eigenvalue weighted by atomic mass is 9.84. The molecule has 6 aliphatic heterocycles. The first kappa shape index (κ1) is 42.1. The minimum absolute atomic E-state index is 0.0745. The first-order valence-electron chi connectivity index (χ1n) is 21.9. The van der Waals surface area contributed by atoms with Crippen molar-refractivity contribution in [3.8, 4) is 0 Å². The van der Waals surface area contributed by atoms with Gasteiger partial charge in [0.15, 0.2) is 0 Å². The molecule has 7 aliphatic rings. The van der Waals surface area contributed by atoms with Gasteiger partial charge in [0.2, 0.25) is 0 Å². The van der Waals surface area contributed by atoms with Crippen LogP contribution in [0.3, 0.4) is 0 Å². The zero-order chi connectivity index (χ0) is 41.8. The number of nitrogens with zero attached hydrogens (tertiary/aromatic N) is 3. The summed E-state index contributed by atoms with van der Waals surface area (Å²) in [4.78, 5) is 55.4. The van der Waals surface area contributed by atoms with Gasteiger partial charge < -0.3 is 24.6 Å². The number of aliphatic hydroxyl groups excluding tert-OH is 1. The molecule has 59 heavy (non-hydrogen) atoms. The maximum absolute atomic E-state index is 14.3. The summed E-state index contributed by atoms with van der Waals surface area (Å²) in [6.07, 6.45) is 19.3. The molecule has 0 aromatic rings. The second kappa shape index (κ2) is 18.5. The van der Waals surface area contributed by atoms with Crippen molar-refractivity contribution in [3.05, 3.63) is 91.5 Å². The van der Waals surface area contributed by atoms with Crippen molar-refractivity contribution < 1.29 is 33.7 Å². The third kappa shape index (κ3) is 8.66. The van der Waals surface area contributed by atoms with E-state index < -0.39 is 11.9 Å². The molecule has 11 nitrogen and oxygen atoms in total. The number of hydrogen-bond donors (Lipinski definition) is 2. The number of aliphatic imine (C=N–C) groups is 3. The first-order chi connectivity index (χ1) is 28.5. The summed E-state index contributed by atoms with van der Waals surface area (Å²) in [6.45, 7) is 10.5. The van der Waals surface area contributed by atoms with Crippen LogP contribution in [-0.4, -0.2) is 60.5 Å². The molecule has 1 fully saturated rings. The second-order valence-corrected chi connectivity index (χ2v) is 16.8. The average Bonchev–Trinajstić information content (AvgIpc) is 3.96. The fourth-order valence-electron chi connectivity index (χ4n) is 9.43. The van der Waals surface area contributed by atoms with Crippen LogP contribution in [0.1, 0.15) is 131 Å². The number of carbonyl (C=O) groups is 3. The van der Waals surface area contributed by atoms with Crippen molar-refractivity contribution in [3.63, 3.8) is 0 Å². The fourth-order valence-corrected chi connectivity index (χ4v) is 9.43. The lowest BCUT2D eigenvalue weighted by molar-refractivity contribution is -0.147. The fraction of sp³-hybridized carbons (Fsp3) is 0.542. The van der Waals surface area contributed by atoms with Crippen molar-refractivity contribution in [1.29, 1.82) is 0 Å². The molecular weight excluding hydrogens is 745 g/mol. The molecule has 7 rings (SSSR count). The topological polar surface area (TPSA) is 148 Å². The van der Waals surface area contributed by atoms with Crippen LogP contribution in [0, 0.1) is 17.8 Å². The molecule has 3 atom stereocenters. The number of hydrogen-bond acceptors (Lipinski definition) is 11. The van der Waals surface area contributed by atoms with E-state index in [4.69, 9.17) is 29.2 Å². The first-order valence-corrected chi connectivity index (χ1v) is 21.9. The predicted molar refractivity (Wildman–Crippen MR) is 229 cm³/mol. The van der Waals surface area contributed by atoms with E-state index in [1.807, 2.05) is 32.1 Å². The van der Waals surface area contributed by atoms with Gasteiger partial charge in [-0.25, -0.2) is 15.0 Å². The summed E-state index contributed by atoms with van der Waals surface area (Å²) in [7, 11) is 1.38. The van der Waals surface area contributed by atoms with Gasteiger partial charge >= 0.3 is 17.9 Å². The second-order valence-electron chi connectivity index (χ2n) is 16.8. The van der Waals surface area contributed by atoms with E-state index in [0.717, 1.165) is 102 Å². The van der Waals surface area contributed by atoms with E-state index in [1.165, 1.54) is 32.8 Å². The third-order valence-corrected chi connectivity index (χ3v) is 13.1. The molecule has 0 spiro atoms. The maximum atomic E-state index is 14.3. The van der Waals surface area contributed by atoms with Gasteiger partial charge in [0.25, 0.3) is 0 Å². The van der Waals surface area contributed by atoms with Gasteiger partial charge in [0.05, 0.1) is 47.9 Å². The molecule has 0 saturated carbocycles. The highest BCUT2D eigenvalue weighted by Crippen LogP contribution is 2.49. The van der Waals surface area contributed by atoms with E-state index in [-0.39, 0.29) is 49.2 Å². The van der Waals surface area contributed by atoms with E-state index in [2.05, 4.69) is 26.1 Å². The van der Waals surface area contributed by atoms with Gasteiger partial charge in [-0.05, 0) is 87.0 Å². The van der Waals surface area contributed by atoms with Crippen LogP contribution in [-0.2, 0) is 28.6 Å². The van der Waals surface area contributed by atoms with Gasteiger partial charge in [0.1, 0.15) is 18.3 Å². The molecule has 1 unspecified atom stereocenters. The smallest absolute Gasteiger partial charge is 0.321 e. The largest absolute Gasteiger partial charge is 0.510 e. The number of fused-ring (bicyclic) bond motifs is 4. The highest BCUT2D eigenvalue weighted by Gasteiger charge is 2.49. The molecule has 6 heterocycles. The molecule has 11 heteroatoms. The van der Waals surface area contributed by atoms with Crippen LogP contribution in [0.5, 0.6) is 0 Å². The average molecular weight is 805 g/mol. The Bertz CT molecular complexity index is 2150. The monoisotopic (exact) mass is 804 g/mol. The summed E-state index contributed by atoms with van der Waals surface area (Å²) in [6, 6.07) is 0. The van der Waals surface area contributed by atoms with E-state index in [1.54, 1.807) is 0 Å². The van der Waals surface area contributed by atoms with Crippen LogP contribution in [0.15, 0.2) is 106 Å². The normalized spacial score (nSPS) is 26.1. The number of cyclic esters (lactones) is 2. The number of ether oxygens (including phenoxy) is 3. The van der Waals surface area contributed by atoms with Gasteiger partial charge in [0, 0.05) is 52.8 Å². The highest BCUT2D eigenvalue weighted by atomic mass is 16.5. The number of methoxy groups -OCH3 is 1. The summed E-state index contributed by atoms with van der Waals surface area (Å²) >= 11 is 0. The zero-order valence-corrected chi connectivity index (χ0v) is 35.7. The van der Waals surface area contributed by atoms with Crippen LogP contribution in [0.4, 0.5) is 0 Å². The SMILES string of the molecule is CCC1=C(C)C2=NC1=CC1=C(C)C3=C(O)C4C(=O)OCCCCCCCCCCCCCC(=O)OCC5=C(C)C(=NC5=C2)C=C2NC(=C4C3=N1)[C@@H](CCC(=O)OC)[C@@H]2C. The molecule has 1 aliphatic carbocycles. The van der Waals surface area contributed by atoms with Crippen molar-refractivity contribution in [2.24, 2.45) is 32.7 Å². The molecule has 1 saturated heterocycles. The van der Waals surface area contributed by atoms with Crippen molar-refractivity contribution in [2.45, 2.75) is 131 Å². The molecule has 0 aromatic heterocycles. The van der Waals surface area contributed by atoms with Crippen LogP contribution in [0.25, 0.3) is 0 Å². The summed E-state index contributed by atoms with van der Waals surface area (Å²) in [5, 5.41) is 15.8. The van der Waals surface area contributed by atoms with Crippen molar-refractivity contribution in [1.82, 2.24) is 5.32 Å².